The van der Waals surface area contributed by atoms with Crippen molar-refractivity contribution in [2.24, 2.45) is 5.92 Å². The summed E-state index contributed by atoms with van der Waals surface area (Å²) in [6, 6.07) is 24.4. The molecule has 2 atom stereocenters. The summed E-state index contributed by atoms with van der Waals surface area (Å²) in [6.07, 6.45) is 7.09. The number of aromatic nitrogens is 1. The number of esters is 1. The Bertz CT molecular complexity index is 1090. The molecule has 3 heteroatoms. The summed E-state index contributed by atoms with van der Waals surface area (Å²) >= 11 is 0. The lowest BCUT2D eigenvalue weighted by molar-refractivity contribution is -0.136. The molecule has 0 saturated heterocycles. The summed E-state index contributed by atoms with van der Waals surface area (Å²) < 4.78 is 6.10. The van der Waals surface area contributed by atoms with E-state index in [0.717, 1.165) is 28.7 Å². The van der Waals surface area contributed by atoms with E-state index in [-0.39, 0.29) is 17.8 Å². The Kier molecular flexibility index (Phi) is 6.42. The molecule has 0 unspecified atom stereocenters. The summed E-state index contributed by atoms with van der Waals surface area (Å²) in [4.78, 5) is 16.9. The first kappa shape index (κ1) is 20.8. The first-order valence-electron chi connectivity index (χ1n) is 10.9. The predicted octanol–water partition coefficient (Wildman–Crippen LogP) is 6.65. The second-order valence-electron chi connectivity index (χ2n) is 7.90. The van der Waals surface area contributed by atoms with Crippen molar-refractivity contribution >= 4 is 17.3 Å². The van der Waals surface area contributed by atoms with E-state index in [9.17, 15) is 4.79 Å². The molecule has 1 heterocycles. The lowest BCUT2D eigenvalue weighted by atomic mass is 9.83. The van der Waals surface area contributed by atoms with Crippen molar-refractivity contribution in [1.82, 2.24) is 4.98 Å². The smallest absolute Gasteiger partial charge is 0.311 e. The molecule has 1 aromatic heterocycles. The van der Waals surface area contributed by atoms with Crippen LogP contribution in [0.2, 0.25) is 0 Å². The van der Waals surface area contributed by atoms with Gasteiger partial charge in [-0.1, -0.05) is 80.6 Å². The Morgan fingerprint density at radius 2 is 1.58 bits per heavy atom. The Morgan fingerprint density at radius 1 is 0.935 bits per heavy atom. The fourth-order valence-corrected chi connectivity index (χ4v) is 4.28. The molecule has 0 fully saturated rings. The molecular formula is C28H27NO2. The van der Waals surface area contributed by atoms with Crippen LogP contribution >= 0.6 is 0 Å². The zero-order valence-corrected chi connectivity index (χ0v) is 18.0. The van der Waals surface area contributed by atoms with E-state index >= 15 is 0 Å². The number of hydrogen-bond acceptors (Lipinski definition) is 3. The van der Waals surface area contributed by atoms with Crippen LogP contribution in [0.4, 0.5) is 0 Å². The van der Waals surface area contributed by atoms with Crippen molar-refractivity contribution in [2.45, 2.75) is 32.6 Å². The van der Waals surface area contributed by atoms with Crippen molar-refractivity contribution < 1.29 is 9.53 Å². The van der Waals surface area contributed by atoms with Crippen LogP contribution in [0.15, 0.2) is 96.8 Å². The van der Waals surface area contributed by atoms with Gasteiger partial charge in [0.25, 0.3) is 0 Å². The summed E-state index contributed by atoms with van der Waals surface area (Å²) in [6.45, 7) is 4.21. The van der Waals surface area contributed by atoms with Gasteiger partial charge < -0.3 is 4.74 Å². The van der Waals surface area contributed by atoms with Gasteiger partial charge in [0.2, 0.25) is 0 Å². The van der Waals surface area contributed by atoms with Crippen LogP contribution in [0.3, 0.4) is 0 Å². The van der Waals surface area contributed by atoms with E-state index in [4.69, 9.17) is 4.74 Å². The second-order valence-corrected chi connectivity index (χ2v) is 7.90. The molecule has 4 rings (SSSR count). The van der Waals surface area contributed by atoms with Crippen molar-refractivity contribution in [2.75, 3.05) is 0 Å². The highest BCUT2D eigenvalue weighted by atomic mass is 16.5. The molecule has 3 nitrogen and oxygen atoms in total. The number of carbonyl (C=O) groups is 1. The van der Waals surface area contributed by atoms with Gasteiger partial charge in [-0.2, -0.15) is 0 Å². The minimum atomic E-state index is -0.200. The predicted molar refractivity (Wildman–Crippen MR) is 125 cm³/mol. The van der Waals surface area contributed by atoms with Crippen molar-refractivity contribution in [3.8, 4) is 0 Å². The lowest BCUT2D eigenvalue weighted by Gasteiger charge is -2.23. The van der Waals surface area contributed by atoms with Gasteiger partial charge in [0.1, 0.15) is 5.76 Å². The van der Waals surface area contributed by atoms with E-state index in [2.05, 4.69) is 42.2 Å². The van der Waals surface area contributed by atoms with E-state index in [1.165, 1.54) is 5.56 Å². The highest BCUT2D eigenvalue weighted by Gasteiger charge is 2.35. The van der Waals surface area contributed by atoms with E-state index < -0.39 is 0 Å². The quantitative estimate of drug-likeness (QED) is 0.338. The van der Waals surface area contributed by atoms with Crippen LogP contribution in [-0.4, -0.2) is 11.0 Å². The second kappa shape index (κ2) is 9.57. The molecule has 0 amide bonds. The van der Waals surface area contributed by atoms with Gasteiger partial charge in [0, 0.05) is 35.9 Å². The number of carbonyl (C=O) groups excluding carboxylic acids is 1. The number of allylic oxidation sites excluding steroid dienone is 3. The van der Waals surface area contributed by atoms with Crippen LogP contribution in [0.5, 0.6) is 0 Å². The zero-order valence-electron chi connectivity index (χ0n) is 18.0. The van der Waals surface area contributed by atoms with E-state index in [0.29, 0.717) is 12.2 Å². The molecule has 0 saturated carbocycles. The summed E-state index contributed by atoms with van der Waals surface area (Å²) in [7, 11) is 0. The average Bonchev–Trinajstić information content (AvgIpc) is 3.16. The zero-order chi connectivity index (χ0) is 21.6. The highest BCUT2D eigenvalue weighted by Crippen LogP contribution is 2.50. The first-order valence-corrected chi connectivity index (χ1v) is 10.9. The summed E-state index contributed by atoms with van der Waals surface area (Å²) in [5.74, 6) is 0.772. The molecule has 0 bridgehead atoms. The molecule has 0 aliphatic heterocycles. The van der Waals surface area contributed by atoms with Crippen LogP contribution in [0.1, 0.15) is 49.3 Å². The van der Waals surface area contributed by atoms with Crippen molar-refractivity contribution in [3.05, 3.63) is 114 Å². The van der Waals surface area contributed by atoms with Crippen LogP contribution < -0.4 is 0 Å². The molecule has 0 spiro atoms. The largest absolute Gasteiger partial charge is 0.426 e. The third kappa shape index (κ3) is 4.51. The Morgan fingerprint density at radius 3 is 2.23 bits per heavy atom. The molecule has 2 aromatic carbocycles. The lowest BCUT2D eigenvalue weighted by Crippen LogP contribution is -2.12. The van der Waals surface area contributed by atoms with Crippen LogP contribution in [-0.2, 0) is 9.53 Å². The third-order valence-electron chi connectivity index (χ3n) is 5.66. The number of ether oxygens (including phenoxy) is 1. The van der Waals surface area contributed by atoms with Gasteiger partial charge in [0.05, 0.1) is 0 Å². The van der Waals surface area contributed by atoms with Crippen LogP contribution in [0.25, 0.3) is 11.3 Å². The topological polar surface area (TPSA) is 39.2 Å². The van der Waals surface area contributed by atoms with Gasteiger partial charge in [-0.25, -0.2) is 0 Å². The molecule has 31 heavy (non-hydrogen) atoms. The number of rotatable bonds is 6. The SMILES string of the molecule is CCCC(=O)O/C(=C1/C(c2ccccc2)=C[C@@H](C)[C@@H]1c1ccncc1)c1ccccc1. The fourth-order valence-electron chi connectivity index (χ4n) is 4.28. The molecule has 1 aliphatic carbocycles. The Balaban J connectivity index is 1.95. The maximum atomic E-state index is 12.7. The first-order chi connectivity index (χ1) is 15.2. The third-order valence-corrected chi connectivity index (χ3v) is 5.66. The normalized spacial score (nSPS) is 19.6. The Labute approximate surface area is 184 Å². The summed E-state index contributed by atoms with van der Waals surface area (Å²) in [5.41, 5.74) is 5.39. The van der Waals surface area contributed by atoms with Gasteiger partial charge in [-0.15, -0.1) is 0 Å². The maximum Gasteiger partial charge on any atom is 0.311 e. The highest BCUT2D eigenvalue weighted by molar-refractivity contribution is 5.94. The molecule has 0 N–H and O–H groups in total. The Hall–Kier alpha value is -3.46. The van der Waals surface area contributed by atoms with Gasteiger partial charge in [-0.05, 0) is 41.2 Å². The molecule has 0 radical (unpaired) electrons. The maximum absolute atomic E-state index is 12.7. The molecule has 3 aromatic rings. The van der Waals surface area contributed by atoms with E-state index in [1.807, 2.05) is 67.8 Å². The fraction of sp³-hybridized carbons (Fsp3) is 0.214. The van der Waals surface area contributed by atoms with E-state index in [1.54, 1.807) is 0 Å². The average molecular weight is 410 g/mol. The molecule has 1 aliphatic rings. The van der Waals surface area contributed by atoms with Crippen molar-refractivity contribution in [3.63, 3.8) is 0 Å². The standard InChI is InChI=1S/C28H27NO2/c1-3-10-25(30)31-28(23-13-8-5-9-14-23)27-24(21-11-6-4-7-12-21)19-20(2)26(27)22-15-17-29-18-16-22/h4-9,11-20,26H,3,10H2,1-2H3/b28-27-/t20-,26-/m1/s1. The van der Waals surface area contributed by atoms with Gasteiger partial charge in [0.15, 0.2) is 0 Å². The van der Waals surface area contributed by atoms with Gasteiger partial charge >= 0.3 is 5.97 Å². The number of pyridine rings is 1. The minimum Gasteiger partial charge on any atom is -0.426 e. The van der Waals surface area contributed by atoms with Gasteiger partial charge in [-0.3, -0.25) is 9.78 Å². The molecule has 156 valence electrons. The molecular weight excluding hydrogens is 382 g/mol. The van der Waals surface area contributed by atoms with Crippen molar-refractivity contribution in [1.29, 1.82) is 0 Å². The van der Waals surface area contributed by atoms with Crippen LogP contribution in [0, 0.1) is 5.92 Å². The monoisotopic (exact) mass is 409 g/mol. The number of nitrogens with zero attached hydrogens (tertiary/aromatic N) is 1. The number of benzene rings is 2. The summed E-state index contributed by atoms with van der Waals surface area (Å²) in [5, 5.41) is 0. The number of hydrogen-bond donors (Lipinski definition) is 0. The minimum absolute atomic E-state index is 0.0721.